The van der Waals surface area contributed by atoms with Gasteiger partial charge >= 0.3 is 5.97 Å². The lowest BCUT2D eigenvalue weighted by Gasteiger charge is -2.24. The van der Waals surface area contributed by atoms with Crippen molar-refractivity contribution in [3.8, 4) is 0 Å². The van der Waals surface area contributed by atoms with Crippen LogP contribution in [0.15, 0.2) is 18.2 Å². The molecule has 0 saturated carbocycles. The van der Waals surface area contributed by atoms with E-state index in [1.54, 1.807) is 13.0 Å². The van der Waals surface area contributed by atoms with E-state index in [9.17, 15) is 9.59 Å². The Balaban J connectivity index is 3.17. The Bertz CT molecular complexity index is 487. The summed E-state index contributed by atoms with van der Waals surface area (Å²) >= 11 is 23.2. The fourth-order valence-corrected chi connectivity index (χ4v) is 2.30. The molecule has 0 fully saturated rings. The monoisotopic (exact) mass is 357 g/mol. The number of benzene rings is 1. The molecule has 0 aliphatic rings. The van der Waals surface area contributed by atoms with E-state index in [1.165, 1.54) is 12.1 Å². The highest BCUT2D eigenvalue weighted by Crippen LogP contribution is 2.34. The first kappa shape index (κ1) is 17.4. The molecule has 0 radical (unpaired) electrons. The van der Waals surface area contributed by atoms with Gasteiger partial charge in [0.15, 0.2) is 4.84 Å². The Hall–Kier alpha value is -0.680. The second-order valence-corrected chi connectivity index (χ2v) is 5.51. The summed E-state index contributed by atoms with van der Waals surface area (Å²) in [5.74, 6) is -1.33. The van der Waals surface area contributed by atoms with Gasteiger partial charge in [-0.3, -0.25) is 14.5 Å². The van der Waals surface area contributed by atoms with E-state index in [0.717, 1.165) is 4.90 Å². The lowest BCUT2D eigenvalue weighted by molar-refractivity contribution is -0.142. The largest absolute Gasteiger partial charge is 0.465 e. The summed E-state index contributed by atoms with van der Waals surface area (Å²) in [5, 5.41) is 0.397. The molecular formula is C12H11Cl4NO3. The molecule has 0 heterocycles. The molecule has 0 aromatic heterocycles. The summed E-state index contributed by atoms with van der Waals surface area (Å²) in [6.45, 7) is 1.45. The molecule has 0 N–H and O–H groups in total. The van der Waals surface area contributed by atoms with Gasteiger partial charge in [-0.15, -0.1) is 0 Å². The minimum Gasteiger partial charge on any atom is -0.465 e. The second kappa shape index (κ2) is 7.93. The van der Waals surface area contributed by atoms with Crippen molar-refractivity contribution >= 4 is 64.0 Å². The Labute approximate surface area is 136 Å². The number of ether oxygens (including phenoxy) is 1. The molecule has 1 aromatic rings. The minimum atomic E-state index is -1.35. The summed E-state index contributed by atoms with van der Waals surface area (Å²) in [7, 11) is 0. The highest BCUT2D eigenvalue weighted by atomic mass is 35.5. The summed E-state index contributed by atoms with van der Waals surface area (Å²) in [6, 6.07) is 4.68. The van der Waals surface area contributed by atoms with Crippen molar-refractivity contribution in [2.75, 3.05) is 18.1 Å². The van der Waals surface area contributed by atoms with Gasteiger partial charge in [-0.25, -0.2) is 0 Å². The van der Waals surface area contributed by atoms with Crippen molar-refractivity contribution in [2.24, 2.45) is 0 Å². The number of nitrogens with zero attached hydrogens (tertiary/aromatic N) is 1. The van der Waals surface area contributed by atoms with Crippen LogP contribution in [0.1, 0.15) is 6.92 Å². The lowest BCUT2D eigenvalue weighted by Crippen LogP contribution is -2.40. The number of para-hydroxylation sites is 1. The van der Waals surface area contributed by atoms with Crippen molar-refractivity contribution in [2.45, 2.75) is 11.8 Å². The number of alkyl halides is 2. The maximum absolute atomic E-state index is 12.0. The molecule has 0 aliphatic carbocycles. The Morgan fingerprint density at radius 1 is 1.25 bits per heavy atom. The molecule has 1 amide bonds. The molecule has 1 rings (SSSR count). The average molecular weight is 359 g/mol. The standard InChI is InChI=1S/C12H11Cl4NO3/c1-2-20-9(18)6-17(12(19)11(15)16)10-7(13)4-3-5-8(10)14/h3-5,11H,2,6H2,1H3. The molecule has 4 nitrogen and oxygen atoms in total. The molecule has 8 heteroatoms. The van der Waals surface area contributed by atoms with Crippen LogP contribution in [0.4, 0.5) is 5.69 Å². The molecule has 0 aliphatic heterocycles. The van der Waals surface area contributed by atoms with Crippen LogP contribution in [0.5, 0.6) is 0 Å². The number of amides is 1. The predicted octanol–water partition coefficient (Wildman–Crippen LogP) is 3.69. The van der Waals surface area contributed by atoms with E-state index >= 15 is 0 Å². The Morgan fingerprint density at radius 2 is 1.80 bits per heavy atom. The zero-order valence-electron chi connectivity index (χ0n) is 10.4. The number of halogens is 4. The van der Waals surface area contributed by atoms with Gasteiger partial charge in [0.05, 0.1) is 22.3 Å². The van der Waals surface area contributed by atoms with Crippen molar-refractivity contribution in [1.82, 2.24) is 0 Å². The number of carbonyl (C=O) groups excluding carboxylic acids is 2. The van der Waals surface area contributed by atoms with Crippen LogP contribution in [-0.2, 0) is 14.3 Å². The first-order valence-electron chi connectivity index (χ1n) is 5.57. The normalized spacial score (nSPS) is 10.5. The zero-order chi connectivity index (χ0) is 15.3. The maximum Gasteiger partial charge on any atom is 0.326 e. The van der Waals surface area contributed by atoms with Crippen LogP contribution in [0, 0.1) is 0 Å². The topological polar surface area (TPSA) is 46.6 Å². The fraction of sp³-hybridized carbons (Fsp3) is 0.333. The van der Waals surface area contributed by atoms with Crippen LogP contribution in [0.25, 0.3) is 0 Å². The van der Waals surface area contributed by atoms with Crippen LogP contribution < -0.4 is 4.90 Å². The van der Waals surface area contributed by atoms with E-state index in [2.05, 4.69) is 0 Å². The predicted molar refractivity (Wildman–Crippen MR) is 80.9 cm³/mol. The highest BCUT2D eigenvalue weighted by molar-refractivity contribution is 6.55. The average Bonchev–Trinajstić information content (AvgIpc) is 2.36. The third kappa shape index (κ3) is 4.42. The lowest BCUT2D eigenvalue weighted by atomic mass is 10.2. The second-order valence-electron chi connectivity index (χ2n) is 3.60. The fourth-order valence-electron chi connectivity index (χ4n) is 1.47. The first-order chi connectivity index (χ1) is 9.38. The third-order valence-corrected chi connectivity index (χ3v) is 3.24. The van der Waals surface area contributed by atoms with E-state index in [0.29, 0.717) is 0 Å². The molecule has 110 valence electrons. The number of hydrogen-bond donors (Lipinski definition) is 0. The number of anilines is 1. The summed E-state index contributed by atoms with van der Waals surface area (Å²) in [5.41, 5.74) is 0.167. The Kier molecular flexibility index (Phi) is 6.89. The van der Waals surface area contributed by atoms with Crippen molar-refractivity contribution < 1.29 is 14.3 Å². The third-order valence-electron chi connectivity index (χ3n) is 2.25. The molecule has 0 spiro atoms. The number of carbonyl (C=O) groups is 2. The van der Waals surface area contributed by atoms with Gasteiger partial charge in [0.2, 0.25) is 0 Å². The van der Waals surface area contributed by atoms with Gasteiger partial charge in [0.25, 0.3) is 5.91 Å². The molecule has 0 atom stereocenters. The van der Waals surface area contributed by atoms with Gasteiger partial charge in [-0.05, 0) is 19.1 Å². The van der Waals surface area contributed by atoms with E-state index in [-0.39, 0.29) is 28.9 Å². The van der Waals surface area contributed by atoms with Gasteiger partial charge in [-0.2, -0.15) is 0 Å². The molecule has 0 unspecified atom stereocenters. The van der Waals surface area contributed by atoms with Gasteiger partial charge < -0.3 is 4.74 Å². The number of esters is 1. The summed E-state index contributed by atoms with van der Waals surface area (Å²) in [4.78, 5) is 23.3. The Morgan fingerprint density at radius 3 is 2.25 bits per heavy atom. The van der Waals surface area contributed by atoms with Crippen molar-refractivity contribution in [1.29, 1.82) is 0 Å². The molecule has 0 saturated heterocycles. The SMILES string of the molecule is CCOC(=O)CN(C(=O)C(Cl)Cl)c1c(Cl)cccc1Cl. The van der Waals surface area contributed by atoms with Crippen molar-refractivity contribution in [3.05, 3.63) is 28.2 Å². The van der Waals surface area contributed by atoms with E-state index in [4.69, 9.17) is 51.1 Å². The van der Waals surface area contributed by atoms with Crippen molar-refractivity contribution in [3.63, 3.8) is 0 Å². The number of hydrogen-bond acceptors (Lipinski definition) is 3. The summed E-state index contributed by atoms with van der Waals surface area (Å²) < 4.78 is 4.80. The first-order valence-corrected chi connectivity index (χ1v) is 7.20. The quantitative estimate of drug-likeness (QED) is 0.595. The highest BCUT2D eigenvalue weighted by Gasteiger charge is 2.28. The summed E-state index contributed by atoms with van der Waals surface area (Å²) in [6.07, 6.45) is 0. The van der Waals surface area contributed by atoms with Crippen LogP contribution in [-0.4, -0.2) is 29.9 Å². The molecule has 1 aromatic carbocycles. The maximum atomic E-state index is 12.0. The van der Waals surface area contributed by atoms with Crippen LogP contribution in [0.3, 0.4) is 0 Å². The molecular weight excluding hydrogens is 348 g/mol. The zero-order valence-corrected chi connectivity index (χ0v) is 13.4. The molecule has 20 heavy (non-hydrogen) atoms. The smallest absolute Gasteiger partial charge is 0.326 e. The van der Waals surface area contributed by atoms with E-state index < -0.39 is 16.7 Å². The van der Waals surface area contributed by atoms with Gasteiger partial charge in [-0.1, -0.05) is 52.5 Å². The molecule has 0 bridgehead atoms. The van der Waals surface area contributed by atoms with E-state index in [1.807, 2.05) is 0 Å². The van der Waals surface area contributed by atoms with Gasteiger partial charge in [0.1, 0.15) is 6.54 Å². The van der Waals surface area contributed by atoms with Crippen LogP contribution in [0.2, 0.25) is 10.0 Å². The van der Waals surface area contributed by atoms with Crippen LogP contribution >= 0.6 is 46.4 Å². The number of rotatable bonds is 5. The van der Waals surface area contributed by atoms with Gasteiger partial charge in [0, 0.05) is 0 Å². The minimum absolute atomic E-state index is 0.167.